The number of hydrogen-bond donors (Lipinski definition) is 1. The third-order valence-electron chi connectivity index (χ3n) is 3.24. The van der Waals surface area contributed by atoms with Crippen molar-refractivity contribution in [3.8, 4) is 0 Å². The van der Waals surface area contributed by atoms with Gasteiger partial charge in [-0.1, -0.05) is 6.92 Å². The molecule has 106 valence electrons. The normalized spacial score (nSPS) is 18.3. The third-order valence-corrected chi connectivity index (χ3v) is 4.06. The molecule has 2 heterocycles. The SMILES string of the molecule is CCc1nsc(N2CCCN(C(=O)C(C)N)CC2)n1. The van der Waals surface area contributed by atoms with Crippen LogP contribution in [0.1, 0.15) is 26.1 Å². The lowest BCUT2D eigenvalue weighted by Gasteiger charge is -2.22. The van der Waals surface area contributed by atoms with E-state index in [4.69, 9.17) is 5.73 Å². The van der Waals surface area contributed by atoms with Crippen LogP contribution in [0.2, 0.25) is 0 Å². The van der Waals surface area contributed by atoms with E-state index in [1.165, 1.54) is 11.5 Å². The highest BCUT2D eigenvalue weighted by Crippen LogP contribution is 2.19. The molecule has 7 heteroatoms. The summed E-state index contributed by atoms with van der Waals surface area (Å²) in [6, 6.07) is -0.417. The minimum atomic E-state index is -0.417. The van der Waals surface area contributed by atoms with Gasteiger partial charge in [0.15, 0.2) is 0 Å². The molecule has 1 aliphatic rings. The van der Waals surface area contributed by atoms with Crippen LogP contribution in [0.25, 0.3) is 0 Å². The summed E-state index contributed by atoms with van der Waals surface area (Å²) in [5.41, 5.74) is 5.66. The molecule has 1 unspecified atom stereocenters. The predicted octanol–water partition coefficient (Wildman–Crippen LogP) is 0.486. The Kier molecular flexibility index (Phi) is 4.71. The van der Waals surface area contributed by atoms with Crippen molar-refractivity contribution in [3.05, 3.63) is 5.82 Å². The van der Waals surface area contributed by atoms with Gasteiger partial charge in [0.25, 0.3) is 0 Å². The van der Waals surface area contributed by atoms with Crippen molar-refractivity contribution < 1.29 is 4.79 Å². The Morgan fingerprint density at radius 1 is 1.42 bits per heavy atom. The summed E-state index contributed by atoms with van der Waals surface area (Å²) in [5, 5.41) is 0.965. The fraction of sp³-hybridized carbons (Fsp3) is 0.750. The van der Waals surface area contributed by atoms with E-state index in [0.717, 1.165) is 43.4 Å². The number of aryl methyl sites for hydroxylation is 1. The Morgan fingerprint density at radius 2 is 2.21 bits per heavy atom. The van der Waals surface area contributed by atoms with Crippen molar-refractivity contribution in [2.24, 2.45) is 5.73 Å². The lowest BCUT2D eigenvalue weighted by atomic mass is 10.3. The molecule has 2 N–H and O–H groups in total. The van der Waals surface area contributed by atoms with Crippen LogP contribution in [0.5, 0.6) is 0 Å². The van der Waals surface area contributed by atoms with E-state index < -0.39 is 6.04 Å². The summed E-state index contributed by atoms with van der Waals surface area (Å²) in [7, 11) is 0. The maximum atomic E-state index is 11.9. The number of rotatable bonds is 3. The Balaban J connectivity index is 1.98. The van der Waals surface area contributed by atoms with Gasteiger partial charge in [0.05, 0.1) is 6.04 Å². The van der Waals surface area contributed by atoms with Gasteiger partial charge in [-0.3, -0.25) is 4.79 Å². The monoisotopic (exact) mass is 283 g/mol. The molecule has 1 aromatic heterocycles. The molecule has 6 nitrogen and oxygen atoms in total. The summed E-state index contributed by atoms with van der Waals surface area (Å²) in [4.78, 5) is 20.5. The summed E-state index contributed by atoms with van der Waals surface area (Å²) < 4.78 is 4.31. The van der Waals surface area contributed by atoms with Crippen LogP contribution in [-0.4, -0.2) is 52.4 Å². The number of nitrogens with zero attached hydrogens (tertiary/aromatic N) is 4. The van der Waals surface area contributed by atoms with Gasteiger partial charge in [0.1, 0.15) is 5.82 Å². The summed E-state index contributed by atoms with van der Waals surface area (Å²) in [6.07, 6.45) is 1.80. The average molecular weight is 283 g/mol. The Bertz CT molecular complexity index is 434. The molecule has 0 aliphatic carbocycles. The highest BCUT2D eigenvalue weighted by molar-refractivity contribution is 7.09. The van der Waals surface area contributed by atoms with Crippen LogP contribution in [0.15, 0.2) is 0 Å². The van der Waals surface area contributed by atoms with Crippen molar-refractivity contribution in [1.82, 2.24) is 14.3 Å². The molecule has 1 amide bonds. The Labute approximate surface area is 117 Å². The van der Waals surface area contributed by atoms with Gasteiger partial charge >= 0.3 is 0 Å². The van der Waals surface area contributed by atoms with Gasteiger partial charge in [-0.2, -0.15) is 4.37 Å². The van der Waals surface area contributed by atoms with Gasteiger partial charge in [0, 0.05) is 44.1 Å². The van der Waals surface area contributed by atoms with Gasteiger partial charge in [-0.25, -0.2) is 4.98 Å². The lowest BCUT2D eigenvalue weighted by molar-refractivity contribution is -0.131. The third kappa shape index (κ3) is 3.42. The van der Waals surface area contributed by atoms with Crippen LogP contribution in [0.4, 0.5) is 5.13 Å². The fourth-order valence-electron chi connectivity index (χ4n) is 2.13. The minimum Gasteiger partial charge on any atom is -0.345 e. The number of aromatic nitrogens is 2. The Hall–Kier alpha value is -1.21. The highest BCUT2D eigenvalue weighted by atomic mass is 32.1. The molecule has 1 atom stereocenters. The van der Waals surface area contributed by atoms with Gasteiger partial charge in [-0.15, -0.1) is 0 Å². The van der Waals surface area contributed by atoms with Crippen LogP contribution < -0.4 is 10.6 Å². The molecule has 0 spiro atoms. The van der Waals surface area contributed by atoms with Crippen molar-refractivity contribution >= 4 is 22.6 Å². The van der Waals surface area contributed by atoms with Crippen molar-refractivity contribution in [3.63, 3.8) is 0 Å². The number of amides is 1. The second kappa shape index (κ2) is 6.29. The van der Waals surface area contributed by atoms with E-state index in [-0.39, 0.29) is 5.91 Å². The maximum Gasteiger partial charge on any atom is 0.239 e. The molecular weight excluding hydrogens is 262 g/mol. The zero-order valence-electron chi connectivity index (χ0n) is 11.5. The van der Waals surface area contributed by atoms with Crippen molar-refractivity contribution in [2.75, 3.05) is 31.1 Å². The summed E-state index contributed by atoms with van der Waals surface area (Å²) >= 11 is 1.44. The van der Waals surface area contributed by atoms with Crippen LogP contribution >= 0.6 is 11.5 Å². The summed E-state index contributed by atoms with van der Waals surface area (Å²) in [6.45, 7) is 7.00. The van der Waals surface area contributed by atoms with E-state index in [2.05, 4.69) is 21.2 Å². The minimum absolute atomic E-state index is 0.0355. The second-order valence-corrected chi connectivity index (χ2v) is 5.53. The van der Waals surface area contributed by atoms with E-state index in [9.17, 15) is 4.79 Å². The van der Waals surface area contributed by atoms with E-state index in [1.54, 1.807) is 6.92 Å². The van der Waals surface area contributed by atoms with E-state index >= 15 is 0 Å². The molecule has 19 heavy (non-hydrogen) atoms. The number of carbonyl (C=O) groups is 1. The molecule has 0 radical (unpaired) electrons. The van der Waals surface area contributed by atoms with Crippen LogP contribution in [0, 0.1) is 0 Å². The second-order valence-electron chi connectivity index (χ2n) is 4.80. The standard InChI is InChI=1S/C12H21N5OS/c1-3-10-14-12(19-15-10)17-6-4-5-16(7-8-17)11(18)9(2)13/h9H,3-8,13H2,1-2H3. The molecule has 1 saturated heterocycles. The molecule has 0 bridgehead atoms. The molecular formula is C12H21N5OS. The van der Waals surface area contributed by atoms with Crippen molar-refractivity contribution in [2.45, 2.75) is 32.7 Å². The quantitative estimate of drug-likeness (QED) is 0.873. The van der Waals surface area contributed by atoms with Crippen molar-refractivity contribution in [1.29, 1.82) is 0 Å². The first-order valence-electron chi connectivity index (χ1n) is 6.73. The van der Waals surface area contributed by atoms with Crippen LogP contribution in [-0.2, 0) is 11.2 Å². The summed E-state index contributed by atoms with van der Waals surface area (Å²) in [5.74, 6) is 0.932. The van der Waals surface area contributed by atoms with Gasteiger partial charge in [0.2, 0.25) is 11.0 Å². The zero-order valence-corrected chi connectivity index (χ0v) is 12.3. The topological polar surface area (TPSA) is 75.4 Å². The largest absolute Gasteiger partial charge is 0.345 e. The number of hydrogen-bond acceptors (Lipinski definition) is 6. The molecule has 2 rings (SSSR count). The molecule has 1 aromatic rings. The van der Waals surface area contributed by atoms with Gasteiger partial charge < -0.3 is 15.5 Å². The van der Waals surface area contributed by atoms with Crippen LogP contribution in [0.3, 0.4) is 0 Å². The first-order valence-corrected chi connectivity index (χ1v) is 7.51. The van der Waals surface area contributed by atoms with Gasteiger partial charge in [-0.05, 0) is 13.3 Å². The number of carbonyl (C=O) groups excluding carboxylic acids is 1. The van der Waals surface area contributed by atoms with E-state index in [0.29, 0.717) is 6.54 Å². The Morgan fingerprint density at radius 3 is 2.84 bits per heavy atom. The number of anilines is 1. The molecule has 1 fully saturated rings. The zero-order chi connectivity index (χ0) is 13.8. The first kappa shape index (κ1) is 14.2. The first-order chi connectivity index (χ1) is 9.11. The maximum absolute atomic E-state index is 11.9. The number of nitrogens with two attached hydrogens (primary N) is 1. The average Bonchev–Trinajstić information content (AvgIpc) is 2.75. The smallest absolute Gasteiger partial charge is 0.239 e. The lowest BCUT2D eigenvalue weighted by Crippen LogP contribution is -2.43. The van der Waals surface area contributed by atoms with E-state index in [1.807, 2.05) is 4.90 Å². The molecule has 1 aliphatic heterocycles. The molecule has 0 aromatic carbocycles. The predicted molar refractivity (Wildman–Crippen MR) is 76.3 cm³/mol. The fourth-order valence-corrected chi connectivity index (χ4v) is 2.94. The highest BCUT2D eigenvalue weighted by Gasteiger charge is 2.22. The molecule has 0 saturated carbocycles.